The zero-order valence-electron chi connectivity index (χ0n) is 14.1. The van der Waals surface area contributed by atoms with Crippen molar-refractivity contribution in [3.05, 3.63) is 35.9 Å². The van der Waals surface area contributed by atoms with E-state index >= 15 is 0 Å². The van der Waals surface area contributed by atoms with Gasteiger partial charge in [-0.1, -0.05) is 13.0 Å². The van der Waals surface area contributed by atoms with E-state index in [2.05, 4.69) is 43.7 Å². The lowest BCUT2D eigenvalue weighted by atomic mass is 10.1. The molecule has 2 aromatic heterocycles. The van der Waals surface area contributed by atoms with Crippen molar-refractivity contribution in [2.24, 2.45) is 5.92 Å². The lowest BCUT2D eigenvalue weighted by molar-refractivity contribution is 0.211. The zero-order chi connectivity index (χ0) is 15.9. The Morgan fingerprint density at radius 3 is 3.00 bits per heavy atom. The Bertz CT molecular complexity index is 583. The standard InChI is InChI=1S/C16H25N7.ClH/c1-2-8-23-16(19-20-21-23)13-22(12-15-5-7-18-10-15)11-14-4-3-6-17-9-14;/h3-4,6,9,15,18H,2,5,7-8,10-13H2,1H3;1H. The van der Waals surface area contributed by atoms with Gasteiger partial charge in [-0.15, -0.1) is 17.5 Å². The van der Waals surface area contributed by atoms with Crippen LogP contribution in [0.5, 0.6) is 0 Å². The molecule has 7 nitrogen and oxygen atoms in total. The number of rotatable bonds is 8. The normalized spacial score (nSPS) is 17.2. The zero-order valence-corrected chi connectivity index (χ0v) is 15.0. The number of pyridine rings is 1. The third kappa shape index (κ3) is 5.22. The van der Waals surface area contributed by atoms with Gasteiger partial charge in [0.1, 0.15) is 0 Å². The molecule has 1 atom stereocenters. The molecule has 1 fully saturated rings. The third-order valence-corrected chi connectivity index (χ3v) is 4.21. The van der Waals surface area contributed by atoms with E-state index in [0.29, 0.717) is 5.92 Å². The van der Waals surface area contributed by atoms with Crippen molar-refractivity contribution in [1.29, 1.82) is 0 Å². The minimum Gasteiger partial charge on any atom is -0.316 e. The molecule has 24 heavy (non-hydrogen) atoms. The second-order valence-electron chi connectivity index (χ2n) is 6.21. The van der Waals surface area contributed by atoms with Gasteiger partial charge in [-0.25, -0.2) is 4.68 Å². The summed E-state index contributed by atoms with van der Waals surface area (Å²) in [6, 6.07) is 4.12. The Kier molecular flexibility index (Phi) is 7.55. The quantitative estimate of drug-likeness (QED) is 0.777. The Balaban J connectivity index is 0.00000208. The average Bonchev–Trinajstić information content (AvgIpc) is 3.21. The minimum atomic E-state index is 0. The van der Waals surface area contributed by atoms with Crippen molar-refractivity contribution in [3.63, 3.8) is 0 Å². The van der Waals surface area contributed by atoms with Crippen LogP contribution in [0.15, 0.2) is 24.5 Å². The molecule has 3 rings (SSSR count). The predicted molar refractivity (Wildman–Crippen MR) is 94.7 cm³/mol. The average molecular weight is 352 g/mol. The van der Waals surface area contributed by atoms with Crippen LogP contribution < -0.4 is 5.32 Å². The van der Waals surface area contributed by atoms with Crippen LogP contribution in [0.4, 0.5) is 0 Å². The molecular formula is C16H26ClN7. The molecule has 0 spiro atoms. The maximum atomic E-state index is 4.23. The van der Waals surface area contributed by atoms with Gasteiger partial charge in [0.05, 0.1) is 6.54 Å². The summed E-state index contributed by atoms with van der Waals surface area (Å²) in [5, 5.41) is 15.6. The van der Waals surface area contributed by atoms with E-state index < -0.39 is 0 Å². The van der Waals surface area contributed by atoms with Crippen molar-refractivity contribution < 1.29 is 0 Å². The van der Waals surface area contributed by atoms with Crippen molar-refractivity contribution in [2.75, 3.05) is 19.6 Å². The molecule has 0 aromatic carbocycles. The molecule has 0 amide bonds. The molecular weight excluding hydrogens is 326 g/mol. The highest BCUT2D eigenvalue weighted by Gasteiger charge is 2.20. The lowest BCUT2D eigenvalue weighted by Crippen LogP contribution is -2.31. The van der Waals surface area contributed by atoms with Crippen molar-refractivity contribution in [1.82, 2.24) is 35.4 Å². The van der Waals surface area contributed by atoms with Crippen LogP contribution in [-0.2, 0) is 19.6 Å². The predicted octanol–water partition coefficient (Wildman–Crippen LogP) is 1.51. The Labute approximate surface area is 149 Å². The van der Waals surface area contributed by atoms with E-state index in [9.17, 15) is 0 Å². The molecule has 1 saturated heterocycles. The van der Waals surface area contributed by atoms with Gasteiger partial charge in [-0.2, -0.15) is 0 Å². The topological polar surface area (TPSA) is 71.8 Å². The van der Waals surface area contributed by atoms with E-state index in [1.165, 1.54) is 12.0 Å². The number of tetrazole rings is 1. The molecule has 1 unspecified atom stereocenters. The summed E-state index contributed by atoms with van der Waals surface area (Å²) in [6.45, 7) is 7.95. The van der Waals surface area contributed by atoms with Gasteiger partial charge in [0.15, 0.2) is 5.82 Å². The highest BCUT2D eigenvalue weighted by molar-refractivity contribution is 5.85. The fourth-order valence-electron chi connectivity index (χ4n) is 3.09. The highest BCUT2D eigenvalue weighted by atomic mass is 35.5. The van der Waals surface area contributed by atoms with Crippen LogP contribution in [0.1, 0.15) is 31.2 Å². The number of hydrogen-bond acceptors (Lipinski definition) is 6. The molecule has 1 aliphatic rings. The van der Waals surface area contributed by atoms with Crippen LogP contribution in [-0.4, -0.2) is 49.7 Å². The number of nitrogens with one attached hydrogen (secondary N) is 1. The first kappa shape index (κ1) is 18.8. The van der Waals surface area contributed by atoms with E-state index in [0.717, 1.165) is 51.5 Å². The van der Waals surface area contributed by atoms with Crippen LogP contribution >= 0.6 is 12.4 Å². The summed E-state index contributed by atoms with van der Waals surface area (Å²) in [7, 11) is 0. The molecule has 1 N–H and O–H groups in total. The van der Waals surface area contributed by atoms with E-state index in [1.54, 1.807) is 0 Å². The highest BCUT2D eigenvalue weighted by Crippen LogP contribution is 2.14. The minimum absolute atomic E-state index is 0. The summed E-state index contributed by atoms with van der Waals surface area (Å²) in [6.07, 6.45) is 6.03. The first-order chi connectivity index (χ1) is 11.3. The molecule has 132 valence electrons. The second-order valence-corrected chi connectivity index (χ2v) is 6.21. The van der Waals surface area contributed by atoms with Crippen molar-refractivity contribution in [3.8, 4) is 0 Å². The molecule has 2 aromatic rings. The summed E-state index contributed by atoms with van der Waals surface area (Å²) in [5.41, 5.74) is 1.23. The number of aryl methyl sites for hydroxylation is 1. The number of hydrogen-bond donors (Lipinski definition) is 1. The molecule has 0 bridgehead atoms. The Morgan fingerprint density at radius 1 is 1.38 bits per heavy atom. The first-order valence-corrected chi connectivity index (χ1v) is 8.42. The Morgan fingerprint density at radius 2 is 2.29 bits per heavy atom. The van der Waals surface area contributed by atoms with Gasteiger partial charge in [0.25, 0.3) is 0 Å². The second kappa shape index (κ2) is 9.66. The maximum Gasteiger partial charge on any atom is 0.165 e. The molecule has 0 radical (unpaired) electrons. The van der Waals surface area contributed by atoms with Crippen molar-refractivity contribution >= 4 is 12.4 Å². The smallest absolute Gasteiger partial charge is 0.165 e. The summed E-state index contributed by atoms with van der Waals surface area (Å²) in [4.78, 5) is 6.67. The van der Waals surface area contributed by atoms with Crippen LogP contribution in [0.2, 0.25) is 0 Å². The van der Waals surface area contributed by atoms with Gasteiger partial charge in [0, 0.05) is 32.0 Å². The Hall–Kier alpha value is -1.57. The number of aromatic nitrogens is 5. The number of halogens is 1. The monoisotopic (exact) mass is 351 g/mol. The molecule has 0 saturated carbocycles. The van der Waals surface area contributed by atoms with Crippen LogP contribution in [0, 0.1) is 5.92 Å². The molecule has 3 heterocycles. The largest absolute Gasteiger partial charge is 0.316 e. The first-order valence-electron chi connectivity index (χ1n) is 8.42. The van der Waals surface area contributed by atoms with E-state index in [-0.39, 0.29) is 12.4 Å². The molecule has 0 aliphatic carbocycles. The summed E-state index contributed by atoms with van der Waals surface area (Å²) < 4.78 is 1.92. The van der Waals surface area contributed by atoms with Gasteiger partial charge in [0.2, 0.25) is 0 Å². The maximum absolute atomic E-state index is 4.23. The third-order valence-electron chi connectivity index (χ3n) is 4.21. The van der Waals surface area contributed by atoms with Crippen molar-refractivity contribution in [2.45, 2.75) is 39.4 Å². The number of nitrogens with zero attached hydrogens (tertiary/aromatic N) is 6. The van der Waals surface area contributed by atoms with E-state index in [4.69, 9.17) is 0 Å². The molecule has 1 aliphatic heterocycles. The van der Waals surface area contributed by atoms with Gasteiger partial charge >= 0.3 is 0 Å². The fraction of sp³-hybridized carbons (Fsp3) is 0.625. The lowest BCUT2D eigenvalue weighted by Gasteiger charge is -2.24. The van der Waals surface area contributed by atoms with Gasteiger partial charge in [-0.3, -0.25) is 9.88 Å². The molecule has 8 heteroatoms. The van der Waals surface area contributed by atoms with Crippen LogP contribution in [0.3, 0.4) is 0 Å². The fourth-order valence-corrected chi connectivity index (χ4v) is 3.09. The summed E-state index contributed by atoms with van der Waals surface area (Å²) in [5.74, 6) is 1.64. The van der Waals surface area contributed by atoms with E-state index in [1.807, 2.05) is 23.1 Å². The van der Waals surface area contributed by atoms with Gasteiger partial charge in [-0.05, 0) is 53.9 Å². The van der Waals surface area contributed by atoms with Crippen LogP contribution in [0.25, 0.3) is 0 Å². The summed E-state index contributed by atoms with van der Waals surface area (Å²) >= 11 is 0. The van der Waals surface area contributed by atoms with Gasteiger partial charge < -0.3 is 5.32 Å². The SMILES string of the molecule is CCCn1nnnc1CN(Cc1cccnc1)CC1CCNC1.Cl.